The molecule has 5 heteroatoms. The number of rotatable bonds is 3. The highest BCUT2D eigenvalue weighted by Gasteiger charge is 2.39. The summed E-state index contributed by atoms with van der Waals surface area (Å²) in [5.41, 5.74) is 2.43. The molecule has 112 valence electrons. The van der Waals surface area contributed by atoms with E-state index >= 15 is 0 Å². The third-order valence-corrected chi connectivity index (χ3v) is 3.81. The highest BCUT2D eigenvalue weighted by Crippen LogP contribution is 2.27. The Labute approximate surface area is 133 Å². The Bertz CT molecular complexity index is 745. The molecule has 22 heavy (non-hydrogen) atoms. The SMILES string of the molecule is Cc1cccc(NC2CC(=O)N(c3cccc(Cl)c3)C2=O)c1. The lowest BCUT2D eigenvalue weighted by Crippen LogP contribution is -2.34. The van der Waals surface area contributed by atoms with Crippen molar-refractivity contribution >= 4 is 34.8 Å². The van der Waals surface area contributed by atoms with Crippen molar-refractivity contribution < 1.29 is 9.59 Å². The number of nitrogens with zero attached hydrogens (tertiary/aromatic N) is 1. The predicted octanol–water partition coefficient (Wildman–Crippen LogP) is 3.39. The van der Waals surface area contributed by atoms with Gasteiger partial charge in [-0.15, -0.1) is 0 Å². The van der Waals surface area contributed by atoms with Gasteiger partial charge in [-0.05, 0) is 42.8 Å². The Morgan fingerprint density at radius 2 is 1.91 bits per heavy atom. The van der Waals surface area contributed by atoms with Crippen LogP contribution in [0.15, 0.2) is 48.5 Å². The first-order valence-electron chi connectivity index (χ1n) is 7.00. The summed E-state index contributed by atoms with van der Waals surface area (Å²) in [5.74, 6) is -0.480. The minimum Gasteiger partial charge on any atom is -0.373 e. The van der Waals surface area contributed by atoms with Crippen LogP contribution in [0.4, 0.5) is 11.4 Å². The first kappa shape index (κ1) is 14.6. The molecular weight excluding hydrogens is 300 g/mol. The number of nitrogens with one attached hydrogen (secondary N) is 1. The quantitative estimate of drug-likeness (QED) is 0.883. The van der Waals surface area contributed by atoms with Crippen molar-refractivity contribution in [2.24, 2.45) is 0 Å². The van der Waals surface area contributed by atoms with Crippen LogP contribution in [0.25, 0.3) is 0 Å². The van der Waals surface area contributed by atoms with Gasteiger partial charge in [-0.1, -0.05) is 29.8 Å². The zero-order chi connectivity index (χ0) is 15.7. The molecule has 2 aromatic carbocycles. The Morgan fingerprint density at radius 3 is 2.64 bits per heavy atom. The van der Waals surface area contributed by atoms with Gasteiger partial charge in [0.1, 0.15) is 6.04 Å². The van der Waals surface area contributed by atoms with E-state index in [-0.39, 0.29) is 18.2 Å². The zero-order valence-corrected chi connectivity index (χ0v) is 12.8. The molecule has 1 heterocycles. The minimum atomic E-state index is -0.548. The minimum absolute atomic E-state index is 0.138. The largest absolute Gasteiger partial charge is 0.373 e. The first-order valence-corrected chi connectivity index (χ1v) is 7.38. The summed E-state index contributed by atoms with van der Waals surface area (Å²) in [5, 5.41) is 3.62. The summed E-state index contributed by atoms with van der Waals surface area (Å²) in [6.45, 7) is 1.98. The lowest BCUT2D eigenvalue weighted by Gasteiger charge is -2.16. The standard InChI is InChI=1S/C17H15ClN2O2/c1-11-4-2-6-13(8-11)19-15-10-16(21)20(17(15)22)14-7-3-5-12(18)9-14/h2-9,15,19H,10H2,1H3. The lowest BCUT2D eigenvalue weighted by molar-refractivity contribution is -0.121. The zero-order valence-electron chi connectivity index (χ0n) is 12.0. The monoisotopic (exact) mass is 314 g/mol. The third kappa shape index (κ3) is 2.83. The van der Waals surface area contributed by atoms with Crippen LogP contribution in [0.2, 0.25) is 5.02 Å². The number of aryl methyl sites for hydroxylation is 1. The number of imide groups is 1. The number of anilines is 2. The van der Waals surface area contributed by atoms with E-state index in [0.717, 1.165) is 11.3 Å². The molecular formula is C17H15ClN2O2. The van der Waals surface area contributed by atoms with Crippen molar-refractivity contribution in [2.45, 2.75) is 19.4 Å². The number of carbonyl (C=O) groups is 2. The number of hydrogen-bond donors (Lipinski definition) is 1. The molecule has 2 aromatic rings. The number of hydrogen-bond acceptors (Lipinski definition) is 3. The van der Waals surface area contributed by atoms with E-state index in [1.807, 2.05) is 31.2 Å². The van der Waals surface area contributed by atoms with Crippen LogP contribution in [0, 0.1) is 6.92 Å². The van der Waals surface area contributed by atoms with Gasteiger partial charge in [-0.2, -0.15) is 0 Å². The van der Waals surface area contributed by atoms with Gasteiger partial charge in [-0.3, -0.25) is 9.59 Å². The van der Waals surface area contributed by atoms with Gasteiger partial charge in [0, 0.05) is 10.7 Å². The molecule has 1 unspecified atom stereocenters. The molecule has 1 aliphatic rings. The van der Waals surface area contributed by atoms with E-state index in [1.54, 1.807) is 24.3 Å². The van der Waals surface area contributed by atoms with Crippen molar-refractivity contribution in [1.82, 2.24) is 0 Å². The molecule has 0 bridgehead atoms. The van der Waals surface area contributed by atoms with Crippen molar-refractivity contribution in [3.63, 3.8) is 0 Å². The summed E-state index contributed by atoms with van der Waals surface area (Å²) in [4.78, 5) is 25.9. The summed E-state index contributed by atoms with van der Waals surface area (Å²) < 4.78 is 0. The van der Waals surface area contributed by atoms with Gasteiger partial charge in [-0.25, -0.2) is 4.90 Å². The smallest absolute Gasteiger partial charge is 0.256 e. The van der Waals surface area contributed by atoms with Crippen LogP contribution in [-0.4, -0.2) is 17.9 Å². The molecule has 0 aliphatic carbocycles. The van der Waals surface area contributed by atoms with Crippen molar-refractivity contribution in [1.29, 1.82) is 0 Å². The van der Waals surface area contributed by atoms with Gasteiger partial charge < -0.3 is 5.32 Å². The van der Waals surface area contributed by atoms with E-state index in [2.05, 4.69) is 5.32 Å². The Kier molecular flexibility index (Phi) is 3.86. The molecule has 1 aliphatic heterocycles. The van der Waals surface area contributed by atoms with Crippen LogP contribution in [0.5, 0.6) is 0 Å². The number of halogens is 1. The Morgan fingerprint density at radius 1 is 1.14 bits per heavy atom. The maximum absolute atomic E-state index is 12.5. The molecule has 1 N–H and O–H groups in total. The normalized spacial score (nSPS) is 17.9. The highest BCUT2D eigenvalue weighted by molar-refractivity contribution is 6.31. The molecule has 1 atom stereocenters. The van der Waals surface area contributed by atoms with E-state index in [0.29, 0.717) is 10.7 Å². The fourth-order valence-corrected chi connectivity index (χ4v) is 2.75. The van der Waals surface area contributed by atoms with Crippen LogP contribution in [0.3, 0.4) is 0 Å². The Hall–Kier alpha value is -2.33. The van der Waals surface area contributed by atoms with Crippen molar-refractivity contribution in [2.75, 3.05) is 10.2 Å². The molecule has 0 radical (unpaired) electrons. The van der Waals surface area contributed by atoms with Crippen molar-refractivity contribution in [3.05, 3.63) is 59.1 Å². The number of amides is 2. The summed E-state index contributed by atoms with van der Waals surface area (Å²) in [7, 11) is 0. The van der Waals surface area contributed by atoms with Gasteiger partial charge in [0.25, 0.3) is 5.91 Å². The molecule has 2 amide bonds. The highest BCUT2D eigenvalue weighted by atomic mass is 35.5. The fraction of sp³-hybridized carbons (Fsp3) is 0.176. The average Bonchev–Trinajstić information content (AvgIpc) is 2.73. The van der Waals surface area contributed by atoms with Crippen LogP contribution < -0.4 is 10.2 Å². The van der Waals surface area contributed by atoms with Crippen LogP contribution in [0.1, 0.15) is 12.0 Å². The van der Waals surface area contributed by atoms with Crippen LogP contribution in [-0.2, 0) is 9.59 Å². The first-order chi connectivity index (χ1) is 10.5. The second-order valence-electron chi connectivity index (χ2n) is 5.32. The van der Waals surface area contributed by atoms with Gasteiger partial charge in [0.2, 0.25) is 5.91 Å². The Balaban J connectivity index is 1.82. The molecule has 1 fully saturated rings. The van der Waals surface area contributed by atoms with E-state index in [1.165, 1.54) is 4.90 Å². The molecule has 3 rings (SSSR count). The molecule has 0 aromatic heterocycles. The van der Waals surface area contributed by atoms with E-state index in [9.17, 15) is 9.59 Å². The van der Waals surface area contributed by atoms with Crippen LogP contribution >= 0.6 is 11.6 Å². The molecule has 0 spiro atoms. The molecule has 4 nitrogen and oxygen atoms in total. The van der Waals surface area contributed by atoms with Crippen molar-refractivity contribution in [3.8, 4) is 0 Å². The topological polar surface area (TPSA) is 49.4 Å². The summed E-state index contributed by atoms with van der Waals surface area (Å²) >= 11 is 5.94. The number of benzene rings is 2. The van der Waals surface area contributed by atoms with E-state index in [4.69, 9.17) is 11.6 Å². The molecule has 1 saturated heterocycles. The third-order valence-electron chi connectivity index (χ3n) is 3.57. The fourth-order valence-electron chi connectivity index (χ4n) is 2.57. The average molecular weight is 315 g/mol. The van der Waals surface area contributed by atoms with E-state index < -0.39 is 6.04 Å². The second-order valence-corrected chi connectivity index (χ2v) is 5.75. The lowest BCUT2D eigenvalue weighted by atomic mass is 10.2. The predicted molar refractivity (Wildman–Crippen MR) is 87.2 cm³/mol. The van der Waals surface area contributed by atoms with Gasteiger partial charge >= 0.3 is 0 Å². The molecule has 0 saturated carbocycles. The summed E-state index contributed by atoms with van der Waals surface area (Å²) in [6.07, 6.45) is 0.138. The second kappa shape index (κ2) is 5.81. The maximum atomic E-state index is 12.5. The summed E-state index contributed by atoms with van der Waals surface area (Å²) in [6, 6.07) is 13.9. The van der Waals surface area contributed by atoms with Gasteiger partial charge in [0.15, 0.2) is 0 Å². The number of carbonyl (C=O) groups excluding carboxylic acids is 2. The van der Waals surface area contributed by atoms with Gasteiger partial charge in [0.05, 0.1) is 12.1 Å². The maximum Gasteiger partial charge on any atom is 0.256 e.